The maximum atomic E-state index is 12.5. The van der Waals surface area contributed by atoms with E-state index in [0.29, 0.717) is 11.8 Å². The quantitative estimate of drug-likeness (QED) is 0.849. The fourth-order valence-corrected chi connectivity index (χ4v) is 4.69. The van der Waals surface area contributed by atoms with Crippen LogP contribution in [0.2, 0.25) is 0 Å². The van der Waals surface area contributed by atoms with Crippen molar-refractivity contribution in [1.82, 2.24) is 5.32 Å². The van der Waals surface area contributed by atoms with Crippen LogP contribution >= 0.6 is 11.8 Å². The van der Waals surface area contributed by atoms with Gasteiger partial charge in [-0.2, -0.15) is 11.8 Å². The molecule has 122 valence electrons. The third kappa shape index (κ3) is 3.42. The molecule has 4 rings (SSSR count). The van der Waals surface area contributed by atoms with Crippen LogP contribution in [-0.4, -0.2) is 17.2 Å². The van der Waals surface area contributed by atoms with E-state index in [2.05, 4.69) is 11.4 Å². The zero-order chi connectivity index (χ0) is 15.6. The lowest BCUT2D eigenvalue weighted by Gasteiger charge is -2.20. The van der Waals surface area contributed by atoms with Gasteiger partial charge in [-0.15, -0.1) is 0 Å². The summed E-state index contributed by atoms with van der Waals surface area (Å²) in [4.78, 5) is 12.5. The number of furan rings is 1. The number of para-hydroxylation sites is 1. The third-order valence-corrected chi connectivity index (χ3v) is 6.23. The summed E-state index contributed by atoms with van der Waals surface area (Å²) in [6.45, 7) is 0. The molecule has 1 amide bonds. The molecule has 1 aromatic carbocycles. The van der Waals surface area contributed by atoms with Crippen LogP contribution in [0.1, 0.15) is 61.1 Å². The first-order valence-corrected chi connectivity index (χ1v) is 9.79. The van der Waals surface area contributed by atoms with Gasteiger partial charge >= 0.3 is 0 Å². The van der Waals surface area contributed by atoms with Crippen LogP contribution in [0.25, 0.3) is 11.0 Å². The van der Waals surface area contributed by atoms with E-state index >= 15 is 0 Å². The van der Waals surface area contributed by atoms with Gasteiger partial charge in [-0.1, -0.05) is 37.5 Å². The Morgan fingerprint density at radius 1 is 1.13 bits per heavy atom. The van der Waals surface area contributed by atoms with E-state index in [-0.39, 0.29) is 5.91 Å². The predicted molar refractivity (Wildman–Crippen MR) is 94.9 cm³/mol. The number of hydrogen-bond donors (Lipinski definition) is 1. The minimum atomic E-state index is -0.0389. The van der Waals surface area contributed by atoms with E-state index in [1.807, 2.05) is 30.0 Å². The minimum absolute atomic E-state index is 0.0389. The van der Waals surface area contributed by atoms with Gasteiger partial charge in [-0.3, -0.25) is 4.79 Å². The molecule has 0 aliphatic heterocycles. The lowest BCUT2D eigenvalue weighted by molar-refractivity contribution is 0.0924. The average molecular weight is 329 g/mol. The first kappa shape index (κ1) is 15.1. The molecule has 1 aromatic heterocycles. The number of thioether (sulfide) groups is 1. The highest BCUT2D eigenvalue weighted by molar-refractivity contribution is 7.99. The topological polar surface area (TPSA) is 42.2 Å². The van der Waals surface area contributed by atoms with Crippen LogP contribution in [0, 0.1) is 0 Å². The van der Waals surface area contributed by atoms with Crippen molar-refractivity contribution in [2.75, 3.05) is 0 Å². The molecule has 1 N–H and O–H groups in total. The van der Waals surface area contributed by atoms with Gasteiger partial charge in [0, 0.05) is 28.0 Å². The molecule has 0 unspecified atom stereocenters. The summed E-state index contributed by atoms with van der Waals surface area (Å²) in [7, 11) is 0. The molecule has 3 nitrogen and oxygen atoms in total. The molecule has 4 heteroatoms. The van der Waals surface area contributed by atoms with Crippen molar-refractivity contribution in [2.45, 2.75) is 62.0 Å². The number of fused-ring (bicyclic) bond motifs is 1. The number of rotatable bonds is 5. The molecule has 23 heavy (non-hydrogen) atoms. The summed E-state index contributed by atoms with van der Waals surface area (Å²) in [5, 5.41) is 4.89. The Kier molecular flexibility index (Phi) is 4.34. The standard InChI is InChI=1S/C19H23NO2S/c21-19(20-13-10-11-13)18-16(12-23-14-6-2-1-3-7-14)15-8-4-5-9-17(15)22-18/h4-5,8-9,13-14H,1-3,6-7,10-12H2,(H,20,21). The summed E-state index contributed by atoms with van der Waals surface area (Å²) in [6, 6.07) is 8.37. The zero-order valence-electron chi connectivity index (χ0n) is 13.3. The maximum Gasteiger partial charge on any atom is 0.287 e. The van der Waals surface area contributed by atoms with Crippen LogP contribution in [-0.2, 0) is 5.75 Å². The van der Waals surface area contributed by atoms with Crippen LogP contribution in [0.3, 0.4) is 0 Å². The van der Waals surface area contributed by atoms with Gasteiger partial charge in [0.15, 0.2) is 5.76 Å². The fraction of sp³-hybridized carbons (Fsp3) is 0.526. The summed E-state index contributed by atoms with van der Waals surface area (Å²) in [5.74, 6) is 1.36. The van der Waals surface area contributed by atoms with Crippen LogP contribution in [0.4, 0.5) is 0 Å². The SMILES string of the molecule is O=C(NC1CC1)c1oc2ccccc2c1CSC1CCCCC1. The number of amides is 1. The number of carbonyl (C=O) groups excluding carboxylic acids is 1. The van der Waals surface area contributed by atoms with Gasteiger partial charge < -0.3 is 9.73 Å². The molecule has 0 atom stereocenters. The second-order valence-electron chi connectivity index (χ2n) is 6.72. The molecule has 2 aromatic rings. The van der Waals surface area contributed by atoms with Crippen molar-refractivity contribution < 1.29 is 9.21 Å². The minimum Gasteiger partial charge on any atom is -0.451 e. The van der Waals surface area contributed by atoms with Crippen molar-refractivity contribution in [3.8, 4) is 0 Å². The maximum absolute atomic E-state index is 12.5. The number of benzene rings is 1. The zero-order valence-corrected chi connectivity index (χ0v) is 14.2. The molecule has 1 heterocycles. The Morgan fingerprint density at radius 3 is 2.70 bits per heavy atom. The first-order valence-electron chi connectivity index (χ1n) is 8.74. The second kappa shape index (κ2) is 6.60. The molecule has 2 saturated carbocycles. The van der Waals surface area contributed by atoms with Crippen LogP contribution in [0.15, 0.2) is 28.7 Å². The average Bonchev–Trinajstić information content (AvgIpc) is 3.32. The monoisotopic (exact) mass is 329 g/mol. The molecule has 2 aliphatic carbocycles. The Labute approximate surface area is 141 Å². The van der Waals surface area contributed by atoms with E-state index in [9.17, 15) is 4.79 Å². The van der Waals surface area contributed by atoms with Gasteiger partial charge in [-0.05, 0) is 31.7 Å². The molecule has 0 radical (unpaired) electrons. The van der Waals surface area contributed by atoms with Crippen molar-refractivity contribution in [3.05, 3.63) is 35.6 Å². The molecule has 2 aliphatic rings. The Hall–Kier alpha value is -1.42. The second-order valence-corrected chi connectivity index (χ2v) is 8.01. The Bertz CT molecular complexity index is 698. The van der Waals surface area contributed by atoms with E-state index in [1.165, 1.54) is 32.1 Å². The molecule has 2 fully saturated rings. The van der Waals surface area contributed by atoms with Crippen molar-refractivity contribution in [2.24, 2.45) is 0 Å². The summed E-state index contributed by atoms with van der Waals surface area (Å²) in [6.07, 6.45) is 8.88. The predicted octanol–water partition coefficient (Wildman–Crippen LogP) is 4.89. The van der Waals surface area contributed by atoms with E-state index in [4.69, 9.17) is 4.42 Å². The number of hydrogen-bond acceptors (Lipinski definition) is 3. The third-order valence-electron chi connectivity index (χ3n) is 4.83. The van der Waals surface area contributed by atoms with Gasteiger partial charge in [-0.25, -0.2) is 0 Å². The fourth-order valence-electron chi connectivity index (χ4n) is 3.34. The van der Waals surface area contributed by atoms with Gasteiger partial charge in [0.05, 0.1) is 0 Å². The number of carbonyl (C=O) groups is 1. The Balaban J connectivity index is 1.57. The smallest absolute Gasteiger partial charge is 0.287 e. The molecule has 0 saturated heterocycles. The van der Waals surface area contributed by atoms with Gasteiger partial charge in [0.25, 0.3) is 5.91 Å². The van der Waals surface area contributed by atoms with Crippen molar-refractivity contribution in [1.29, 1.82) is 0 Å². The molecular weight excluding hydrogens is 306 g/mol. The van der Waals surface area contributed by atoms with Gasteiger partial charge in [0.1, 0.15) is 5.58 Å². The Morgan fingerprint density at radius 2 is 1.91 bits per heavy atom. The lowest BCUT2D eigenvalue weighted by atomic mass is 10.0. The summed E-state index contributed by atoms with van der Waals surface area (Å²) < 4.78 is 5.90. The summed E-state index contributed by atoms with van der Waals surface area (Å²) >= 11 is 2.00. The molecule has 0 bridgehead atoms. The van der Waals surface area contributed by atoms with Crippen LogP contribution < -0.4 is 5.32 Å². The highest BCUT2D eigenvalue weighted by atomic mass is 32.2. The highest BCUT2D eigenvalue weighted by Gasteiger charge is 2.28. The molecule has 0 spiro atoms. The van der Waals surface area contributed by atoms with E-state index < -0.39 is 0 Å². The number of nitrogens with one attached hydrogen (secondary N) is 1. The van der Waals surface area contributed by atoms with E-state index in [0.717, 1.165) is 40.4 Å². The van der Waals surface area contributed by atoms with Crippen LogP contribution in [0.5, 0.6) is 0 Å². The van der Waals surface area contributed by atoms with Crippen molar-refractivity contribution in [3.63, 3.8) is 0 Å². The normalized spacial score (nSPS) is 19.1. The first-order chi connectivity index (χ1) is 11.3. The van der Waals surface area contributed by atoms with E-state index in [1.54, 1.807) is 0 Å². The largest absolute Gasteiger partial charge is 0.451 e. The van der Waals surface area contributed by atoms with Gasteiger partial charge in [0.2, 0.25) is 0 Å². The summed E-state index contributed by atoms with van der Waals surface area (Å²) in [5.41, 5.74) is 1.90. The molecular formula is C19H23NO2S. The highest BCUT2D eigenvalue weighted by Crippen LogP contribution is 2.35. The van der Waals surface area contributed by atoms with Crippen molar-refractivity contribution >= 4 is 28.6 Å². The lowest BCUT2D eigenvalue weighted by Crippen LogP contribution is -2.25.